The molecule has 0 radical (unpaired) electrons. The fraction of sp³-hybridized carbons (Fsp3) is 0.500. The summed E-state index contributed by atoms with van der Waals surface area (Å²) in [5.74, 6) is -1.08. The maximum Gasteiger partial charge on any atom is 0.329 e. The molecule has 4 nitrogen and oxygen atoms in total. The molecule has 0 bridgehead atoms. The Bertz CT molecular complexity index is 538. The summed E-state index contributed by atoms with van der Waals surface area (Å²) in [6.45, 7) is 0. The summed E-state index contributed by atoms with van der Waals surface area (Å²) in [5, 5.41) is 10.2. The molecule has 0 aromatic heterocycles. The highest BCUT2D eigenvalue weighted by atomic mass is 35.5. The zero-order valence-corrected chi connectivity index (χ0v) is 12.9. The maximum absolute atomic E-state index is 12.5. The normalized spacial score (nSPS) is 17.2. The van der Waals surface area contributed by atoms with Crippen molar-refractivity contribution in [2.45, 2.75) is 44.1 Å². The average molecular weight is 310 g/mol. The fourth-order valence-electron chi connectivity index (χ4n) is 3.01. The Morgan fingerprint density at radius 1 is 1.29 bits per heavy atom. The van der Waals surface area contributed by atoms with Crippen molar-refractivity contribution in [1.82, 2.24) is 4.90 Å². The Kier molecular flexibility index (Phi) is 4.88. The van der Waals surface area contributed by atoms with E-state index >= 15 is 0 Å². The second-order valence-corrected chi connectivity index (χ2v) is 6.09. The molecule has 1 N–H and O–H groups in total. The standard InChI is InChI=1S/C16H20ClNO3/c1-18(16(15(20)21)8-3-2-4-9-16)14(19)11-12-6-5-7-13(17)10-12/h5-7,10H,2-4,8-9,11H2,1H3,(H,20,21). The SMILES string of the molecule is CN(C(=O)Cc1cccc(Cl)c1)C1(C(=O)O)CCCCC1. The molecule has 1 aliphatic carbocycles. The molecule has 1 aromatic rings. The lowest BCUT2D eigenvalue weighted by Gasteiger charge is -2.41. The molecule has 1 saturated carbocycles. The van der Waals surface area contributed by atoms with Gasteiger partial charge in [-0.25, -0.2) is 4.79 Å². The minimum atomic E-state index is -1.05. The van der Waals surface area contributed by atoms with Crippen LogP contribution in [0.15, 0.2) is 24.3 Å². The lowest BCUT2D eigenvalue weighted by atomic mass is 9.80. The first-order chi connectivity index (χ1) is 9.95. The van der Waals surface area contributed by atoms with E-state index < -0.39 is 11.5 Å². The molecule has 0 saturated heterocycles. The van der Waals surface area contributed by atoms with Crippen LogP contribution in [0.2, 0.25) is 5.02 Å². The Balaban J connectivity index is 2.15. The van der Waals surface area contributed by atoms with Crippen molar-refractivity contribution in [3.63, 3.8) is 0 Å². The number of carboxylic acid groups (broad SMARTS) is 1. The van der Waals surface area contributed by atoms with Crippen LogP contribution in [0, 0.1) is 0 Å². The minimum absolute atomic E-state index is 0.173. The lowest BCUT2D eigenvalue weighted by molar-refractivity contribution is -0.160. The number of carboxylic acids is 1. The van der Waals surface area contributed by atoms with Gasteiger partial charge >= 0.3 is 5.97 Å². The first-order valence-corrected chi connectivity index (χ1v) is 7.58. The number of halogens is 1. The summed E-state index contributed by atoms with van der Waals surface area (Å²) >= 11 is 5.92. The number of carbonyl (C=O) groups is 2. The summed E-state index contributed by atoms with van der Waals surface area (Å²) in [6.07, 6.45) is 3.96. The van der Waals surface area contributed by atoms with Gasteiger partial charge in [-0.2, -0.15) is 0 Å². The second kappa shape index (κ2) is 6.48. The van der Waals surface area contributed by atoms with Crippen molar-refractivity contribution in [3.05, 3.63) is 34.9 Å². The molecule has 1 aliphatic rings. The van der Waals surface area contributed by atoms with Gasteiger partial charge in [0.05, 0.1) is 6.42 Å². The van der Waals surface area contributed by atoms with Gasteiger partial charge in [0, 0.05) is 12.1 Å². The molecular formula is C16H20ClNO3. The molecule has 114 valence electrons. The smallest absolute Gasteiger partial charge is 0.329 e. The maximum atomic E-state index is 12.5. The van der Waals surface area contributed by atoms with Crippen LogP contribution in [0.25, 0.3) is 0 Å². The number of aliphatic carboxylic acids is 1. The number of amides is 1. The molecule has 0 atom stereocenters. The number of rotatable bonds is 4. The number of benzene rings is 1. The van der Waals surface area contributed by atoms with Gasteiger partial charge in [0.1, 0.15) is 5.54 Å². The molecular weight excluding hydrogens is 290 g/mol. The Labute approximate surface area is 129 Å². The predicted octanol–water partition coefficient (Wildman–Crippen LogP) is 3.13. The topological polar surface area (TPSA) is 57.6 Å². The van der Waals surface area contributed by atoms with Crippen molar-refractivity contribution < 1.29 is 14.7 Å². The number of hydrogen-bond acceptors (Lipinski definition) is 2. The van der Waals surface area contributed by atoms with Crippen LogP contribution >= 0.6 is 11.6 Å². The van der Waals surface area contributed by atoms with Crippen molar-refractivity contribution in [2.24, 2.45) is 0 Å². The lowest BCUT2D eigenvalue weighted by Crippen LogP contribution is -2.56. The van der Waals surface area contributed by atoms with E-state index in [2.05, 4.69) is 0 Å². The molecule has 0 heterocycles. The largest absolute Gasteiger partial charge is 0.479 e. The monoisotopic (exact) mass is 309 g/mol. The predicted molar refractivity (Wildman–Crippen MR) is 81.4 cm³/mol. The fourth-order valence-corrected chi connectivity index (χ4v) is 3.22. The van der Waals surface area contributed by atoms with Gasteiger partial charge in [-0.15, -0.1) is 0 Å². The van der Waals surface area contributed by atoms with Gasteiger partial charge in [0.15, 0.2) is 0 Å². The van der Waals surface area contributed by atoms with E-state index in [1.165, 1.54) is 4.90 Å². The van der Waals surface area contributed by atoms with E-state index in [0.29, 0.717) is 17.9 Å². The number of hydrogen-bond donors (Lipinski definition) is 1. The highest BCUT2D eigenvalue weighted by Crippen LogP contribution is 2.33. The highest BCUT2D eigenvalue weighted by molar-refractivity contribution is 6.30. The van der Waals surface area contributed by atoms with Crippen molar-refractivity contribution >= 4 is 23.5 Å². The Hall–Kier alpha value is -1.55. The minimum Gasteiger partial charge on any atom is -0.479 e. The zero-order valence-electron chi connectivity index (χ0n) is 12.1. The third-order valence-corrected chi connectivity index (χ3v) is 4.57. The van der Waals surface area contributed by atoms with Crippen molar-refractivity contribution in [3.8, 4) is 0 Å². The molecule has 5 heteroatoms. The van der Waals surface area contributed by atoms with Gasteiger partial charge in [0.2, 0.25) is 5.91 Å². The third-order valence-electron chi connectivity index (χ3n) is 4.34. The van der Waals surface area contributed by atoms with Crippen LogP contribution in [0.5, 0.6) is 0 Å². The molecule has 0 unspecified atom stereocenters. The summed E-state index contributed by atoms with van der Waals surface area (Å²) in [6, 6.07) is 7.10. The Morgan fingerprint density at radius 3 is 2.52 bits per heavy atom. The van der Waals surface area contributed by atoms with Gasteiger partial charge in [0.25, 0.3) is 0 Å². The van der Waals surface area contributed by atoms with Gasteiger partial charge in [-0.05, 0) is 30.5 Å². The van der Waals surface area contributed by atoms with Gasteiger partial charge in [-0.3, -0.25) is 4.79 Å². The van der Waals surface area contributed by atoms with Crippen LogP contribution in [-0.4, -0.2) is 34.5 Å². The molecule has 21 heavy (non-hydrogen) atoms. The summed E-state index contributed by atoms with van der Waals surface area (Å²) in [4.78, 5) is 25.6. The second-order valence-electron chi connectivity index (χ2n) is 5.66. The number of carbonyl (C=O) groups excluding carboxylic acids is 1. The molecule has 1 amide bonds. The van der Waals surface area contributed by atoms with Gasteiger partial charge in [-0.1, -0.05) is 43.0 Å². The number of likely N-dealkylation sites (N-methyl/N-ethyl adjacent to an activating group) is 1. The molecule has 0 aliphatic heterocycles. The van der Waals surface area contributed by atoms with Crippen LogP contribution in [0.4, 0.5) is 0 Å². The first-order valence-electron chi connectivity index (χ1n) is 7.20. The van der Waals surface area contributed by atoms with Crippen LogP contribution in [0.1, 0.15) is 37.7 Å². The Morgan fingerprint density at radius 2 is 1.95 bits per heavy atom. The summed E-state index contributed by atoms with van der Waals surface area (Å²) in [7, 11) is 1.60. The third kappa shape index (κ3) is 3.38. The molecule has 0 spiro atoms. The van der Waals surface area contributed by atoms with E-state index in [1.807, 2.05) is 6.07 Å². The molecule has 1 aromatic carbocycles. The summed E-state index contributed by atoms with van der Waals surface area (Å²) < 4.78 is 0. The van der Waals surface area contributed by atoms with E-state index in [9.17, 15) is 14.7 Å². The van der Waals surface area contributed by atoms with E-state index in [-0.39, 0.29) is 12.3 Å². The van der Waals surface area contributed by atoms with E-state index in [0.717, 1.165) is 24.8 Å². The van der Waals surface area contributed by atoms with Crippen molar-refractivity contribution in [1.29, 1.82) is 0 Å². The molecule has 2 rings (SSSR count). The van der Waals surface area contributed by atoms with Crippen LogP contribution in [0.3, 0.4) is 0 Å². The highest BCUT2D eigenvalue weighted by Gasteiger charge is 2.45. The quantitative estimate of drug-likeness (QED) is 0.929. The van der Waals surface area contributed by atoms with Crippen LogP contribution < -0.4 is 0 Å². The first kappa shape index (κ1) is 15.8. The van der Waals surface area contributed by atoms with Crippen molar-refractivity contribution in [2.75, 3.05) is 7.05 Å². The zero-order chi connectivity index (χ0) is 15.5. The van der Waals surface area contributed by atoms with E-state index in [1.54, 1.807) is 25.2 Å². The average Bonchev–Trinajstić information content (AvgIpc) is 2.47. The van der Waals surface area contributed by atoms with Crippen LogP contribution in [-0.2, 0) is 16.0 Å². The number of nitrogens with zero attached hydrogens (tertiary/aromatic N) is 1. The van der Waals surface area contributed by atoms with Gasteiger partial charge < -0.3 is 10.0 Å². The summed E-state index contributed by atoms with van der Waals surface area (Å²) in [5.41, 5.74) is -0.246. The molecule has 1 fully saturated rings. The van der Waals surface area contributed by atoms with E-state index in [4.69, 9.17) is 11.6 Å².